The van der Waals surface area contributed by atoms with Gasteiger partial charge in [-0.2, -0.15) is 0 Å². The summed E-state index contributed by atoms with van der Waals surface area (Å²) in [6.45, 7) is 5.81. The number of hydrogen-bond donors (Lipinski definition) is 2. The Morgan fingerprint density at radius 1 is 1.30 bits per heavy atom. The van der Waals surface area contributed by atoms with Crippen molar-refractivity contribution in [2.75, 3.05) is 19.6 Å². The lowest BCUT2D eigenvalue weighted by Crippen LogP contribution is -2.47. The van der Waals surface area contributed by atoms with Gasteiger partial charge in [0.15, 0.2) is 0 Å². The normalized spacial score (nSPS) is 27.2. The Bertz CT molecular complexity index is 460. The summed E-state index contributed by atoms with van der Waals surface area (Å²) in [6.07, 6.45) is 6.17. The van der Waals surface area contributed by atoms with Gasteiger partial charge in [-0.1, -0.05) is 13.0 Å². The van der Waals surface area contributed by atoms with Gasteiger partial charge < -0.3 is 15.3 Å². The zero-order chi connectivity index (χ0) is 13.9. The molecule has 1 aliphatic heterocycles. The first-order chi connectivity index (χ1) is 9.76. The number of likely N-dealkylation sites (tertiary alicyclic amines) is 1. The molecule has 0 bridgehead atoms. The number of nitrogens with zero attached hydrogens (tertiary/aromatic N) is 1. The van der Waals surface area contributed by atoms with E-state index in [0.29, 0.717) is 17.8 Å². The van der Waals surface area contributed by atoms with Crippen molar-refractivity contribution in [2.24, 2.45) is 0 Å². The van der Waals surface area contributed by atoms with Crippen molar-refractivity contribution < 1.29 is 5.11 Å². The Kier molecular flexibility index (Phi) is 4.27. The van der Waals surface area contributed by atoms with Gasteiger partial charge in [-0.25, -0.2) is 0 Å². The van der Waals surface area contributed by atoms with E-state index in [1.54, 1.807) is 0 Å². The Balaban J connectivity index is 1.71. The summed E-state index contributed by atoms with van der Waals surface area (Å²) in [7, 11) is 0. The van der Waals surface area contributed by atoms with Crippen LogP contribution < -0.4 is 5.32 Å². The second kappa shape index (κ2) is 6.15. The van der Waals surface area contributed by atoms with Crippen molar-refractivity contribution in [1.29, 1.82) is 0 Å². The van der Waals surface area contributed by atoms with Crippen molar-refractivity contribution in [3.05, 3.63) is 29.3 Å². The monoisotopic (exact) mass is 274 g/mol. The van der Waals surface area contributed by atoms with Crippen LogP contribution in [0, 0.1) is 0 Å². The van der Waals surface area contributed by atoms with Crippen LogP contribution in [0.1, 0.15) is 49.8 Å². The topological polar surface area (TPSA) is 35.5 Å². The van der Waals surface area contributed by atoms with Crippen LogP contribution in [0.3, 0.4) is 0 Å². The quantitative estimate of drug-likeness (QED) is 0.889. The van der Waals surface area contributed by atoms with Gasteiger partial charge in [0.2, 0.25) is 0 Å². The lowest BCUT2D eigenvalue weighted by atomic mass is 9.86. The molecule has 1 heterocycles. The molecule has 2 atom stereocenters. The highest BCUT2D eigenvalue weighted by molar-refractivity contribution is 5.38. The predicted octanol–water partition coefficient (Wildman–Crippen LogP) is 2.84. The molecule has 0 amide bonds. The smallest absolute Gasteiger partial charge is 0.115 e. The zero-order valence-electron chi connectivity index (χ0n) is 12.4. The van der Waals surface area contributed by atoms with Crippen LogP contribution in [0.5, 0.6) is 5.75 Å². The molecule has 3 rings (SSSR count). The van der Waals surface area contributed by atoms with Crippen molar-refractivity contribution >= 4 is 0 Å². The Morgan fingerprint density at radius 2 is 2.20 bits per heavy atom. The molecule has 2 N–H and O–H groups in total. The maximum Gasteiger partial charge on any atom is 0.115 e. The zero-order valence-corrected chi connectivity index (χ0v) is 12.4. The number of aryl methyl sites for hydroxylation is 1. The molecular weight excluding hydrogens is 248 g/mol. The van der Waals surface area contributed by atoms with Gasteiger partial charge in [-0.05, 0) is 68.5 Å². The van der Waals surface area contributed by atoms with Gasteiger partial charge in [-0.15, -0.1) is 0 Å². The second-order valence-corrected chi connectivity index (χ2v) is 6.23. The first kappa shape index (κ1) is 13.9. The minimum absolute atomic E-state index is 0.399. The first-order valence-corrected chi connectivity index (χ1v) is 8.06. The average Bonchev–Trinajstić information content (AvgIpc) is 2.48. The van der Waals surface area contributed by atoms with Crippen LogP contribution >= 0.6 is 0 Å². The van der Waals surface area contributed by atoms with Crippen LogP contribution in [0.25, 0.3) is 0 Å². The summed E-state index contributed by atoms with van der Waals surface area (Å²) in [6, 6.07) is 6.90. The molecule has 0 saturated carbocycles. The lowest BCUT2D eigenvalue weighted by molar-refractivity contribution is 0.187. The fraction of sp³-hybridized carbons (Fsp3) is 0.647. The first-order valence-electron chi connectivity index (χ1n) is 8.06. The molecule has 20 heavy (non-hydrogen) atoms. The number of likely N-dealkylation sites (N-methyl/N-ethyl adjacent to an activating group) is 1. The third-order valence-electron chi connectivity index (χ3n) is 4.83. The van der Waals surface area contributed by atoms with Gasteiger partial charge >= 0.3 is 0 Å². The van der Waals surface area contributed by atoms with Gasteiger partial charge in [0.05, 0.1) is 0 Å². The molecule has 1 aromatic carbocycles. The van der Waals surface area contributed by atoms with Crippen molar-refractivity contribution in [3.63, 3.8) is 0 Å². The van der Waals surface area contributed by atoms with Crippen LogP contribution in [0.2, 0.25) is 0 Å². The minimum Gasteiger partial charge on any atom is -0.508 e. The number of fused-ring (bicyclic) bond motifs is 1. The van der Waals surface area contributed by atoms with Gasteiger partial charge in [0, 0.05) is 18.6 Å². The van der Waals surface area contributed by atoms with E-state index in [4.69, 9.17) is 0 Å². The second-order valence-electron chi connectivity index (χ2n) is 6.23. The third kappa shape index (κ3) is 2.99. The summed E-state index contributed by atoms with van der Waals surface area (Å²) in [5.74, 6) is 0.399. The minimum atomic E-state index is 0.399. The molecule has 0 spiro atoms. The largest absolute Gasteiger partial charge is 0.508 e. The molecule has 110 valence electrons. The fourth-order valence-electron chi connectivity index (χ4n) is 3.72. The van der Waals surface area contributed by atoms with Gasteiger partial charge in [-0.3, -0.25) is 0 Å². The van der Waals surface area contributed by atoms with Crippen molar-refractivity contribution in [2.45, 2.75) is 51.1 Å². The summed E-state index contributed by atoms with van der Waals surface area (Å²) in [5, 5.41) is 13.6. The number of piperidine rings is 1. The summed E-state index contributed by atoms with van der Waals surface area (Å²) in [5.41, 5.74) is 2.74. The summed E-state index contributed by atoms with van der Waals surface area (Å²) in [4.78, 5) is 2.54. The number of nitrogens with one attached hydrogen (secondary N) is 1. The van der Waals surface area contributed by atoms with Crippen LogP contribution in [0.15, 0.2) is 18.2 Å². The maximum atomic E-state index is 9.76. The maximum absolute atomic E-state index is 9.76. The molecular formula is C17H26N2O. The highest BCUT2D eigenvalue weighted by Crippen LogP contribution is 2.33. The summed E-state index contributed by atoms with van der Waals surface area (Å²) < 4.78 is 0. The van der Waals surface area contributed by atoms with E-state index >= 15 is 0 Å². The third-order valence-corrected chi connectivity index (χ3v) is 4.83. The number of phenolic OH excluding ortho intramolecular Hbond substituents is 1. The van der Waals surface area contributed by atoms with Crippen LogP contribution in [-0.4, -0.2) is 35.7 Å². The number of benzene rings is 1. The van der Waals surface area contributed by atoms with Crippen LogP contribution in [0.4, 0.5) is 0 Å². The number of rotatable bonds is 3. The Labute approximate surface area is 122 Å². The Morgan fingerprint density at radius 3 is 3.05 bits per heavy atom. The standard InChI is InChI=1S/C17H26N2O/c1-2-19-10-4-6-14(12-19)18-17-7-3-5-13-8-9-15(20)11-16(13)17/h8-9,11,14,17-18,20H,2-7,10,12H2,1H3. The molecule has 3 heteroatoms. The molecule has 1 saturated heterocycles. The van der Waals surface area contributed by atoms with E-state index in [-0.39, 0.29) is 0 Å². The fourth-order valence-corrected chi connectivity index (χ4v) is 3.72. The average molecular weight is 274 g/mol. The molecule has 0 radical (unpaired) electrons. The van der Waals surface area contributed by atoms with E-state index in [1.807, 2.05) is 12.1 Å². The lowest BCUT2D eigenvalue weighted by Gasteiger charge is -2.36. The molecule has 0 aromatic heterocycles. The van der Waals surface area contributed by atoms with E-state index in [9.17, 15) is 5.11 Å². The van der Waals surface area contributed by atoms with E-state index < -0.39 is 0 Å². The van der Waals surface area contributed by atoms with Crippen molar-refractivity contribution in [3.8, 4) is 5.75 Å². The number of phenols is 1. The molecule has 3 nitrogen and oxygen atoms in total. The highest BCUT2D eigenvalue weighted by Gasteiger charge is 2.25. The summed E-state index contributed by atoms with van der Waals surface area (Å²) >= 11 is 0. The van der Waals surface area contributed by atoms with Crippen LogP contribution in [-0.2, 0) is 6.42 Å². The number of aromatic hydroxyl groups is 1. The van der Waals surface area contributed by atoms with E-state index in [0.717, 1.165) is 13.0 Å². The molecule has 1 fully saturated rings. The number of hydrogen-bond acceptors (Lipinski definition) is 3. The van der Waals surface area contributed by atoms with Crippen molar-refractivity contribution in [1.82, 2.24) is 10.2 Å². The van der Waals surface area contributed by atoms with Gasteiger partial charge in [0.25, 0.3) is 0 Å². The molecule has 1 aliphatic carbocycles. The Hall–Kier alpha value is -1.06. The van der Waals surface area contributed by atoms with Gasteiger partial charge in [0.1, 0.15) is 5.75 Å². The SMILES string of the molecule is CCN1CCCC(NC2CCCc3ccc(O)cc32)C1. The van der Waals surface area contributed by atoms with E-state index in [1.165, 1.54) is 49.9 Å². The molecule has 1 aromatic rings. The highest BCUT2D eigenvalue weighted by atomic mass is 16.3. The predicted molar refractivity (Wildman–Crippen MR) is 82.1 cm³/mol. The molecule has 2 unspecified atom stereocenters. The van der Waals surface area contributed by atoms with E-state index in [2.05, 4.69) is 23.2 Å². The molecule has 2 aliphatic rings.